The second-order valence-corrected chi connectivity index (χ2v) is 6.14. The van der Waals surface area contributed by atoms with Crippen molar-refractivity contribution >= 4 is 16.7 Å². The molecule has 0 aliphatic rings. The van der Waals surface area contributed by atoms with Crippen LogP contribution >= 0.6 is 0 Å². The topological polar surface area (TPSA) is 81.4 Å². The van der Waals surface area contributed by atoms with Crippen LogP contribution in [0.15, 0.2) is 53.3 Å². The molecule has 0 bridgehead atoms. The quantitative estimate of drug-likeness (QED) is 0.689. The largest absolute Gasteiger partial charge is 0.491 e. The van der Waals surface area contributed by atoms with E-state index in [1.54, 1.807) is 49.4 Å². The number of carbonyl (C=O) groups is 1. The Hall–Kier alpha value is -2.99. The molecule has 0 spiro atoms. The third-order valence-electron chi connectivity index (χ3n) is 4.13. The van der Waals surface area contributed by atoms with Gasteiger partial charge >= 0.3 is 0 Å². The monoisotopic (exact) mass is 352 g/mol. The molecule has 0 aliphatic carbocycles. The zero-order valence-electron chi connectivity index (χ0n) is 14.7. The number of aryl methyl sites for hydroxylation is 1. The number of Topliss-reactive ketones (excluding diaryl/α,β-unsaturated/α-hetero) is 1. The number of benzene rings is 2. The number of aromatic nitrogens is 2. The van der Waals surface area contributed by atoms with E-state index in [9.17, 15) is 14.7 Å². The molecule has 0 radical (unpaired) electrons. The van der Waals surface area contributed by atoms with Crippen LogP contribution in [0.4, 0.5) is 0 Å². The Bertz CT molecular complexity index is 1010. The standard InChI is InChI=1S/C20H20N2O4/c1-13(23)15-6-5-7-17(10-15)26-12-16(24)11-22-14(2)21-19-9-4-3-8-18(19)20(22)25/h3-10,16,24H,11-12H2,1-2H3. The van der Waals surface area contributed by atoms with Gasteiger partial charge in [0.1, 0.15) is 24.3 Å². The lowest BCUT2D eigenvalue weighted by molar-refractivity contribution is 0.0907. The predicted molar refractivity (Wildman–Crippen MR) is 98.7 cm³/mol. The second-order valence-electron chi connectivity index (χ2n) is 6.14. The molecule has 1 aromatic heterocycles. The molecule has 1 unspecified atom stereocenters. The highest BCUT2D eigenvalue weighted by atomic mass is 16.5. The number of rotatable bonds is 6. The summed E-state index contributed by atoms with van der Waals surface area (Å²) in [6.45, 7) is 3.29. The number of ketones is 1. The van der Waals surface area contributed by atoms with Crippen LogP contribution in [0.3, 0.4) is 0 Å². The van der Waals surface area contributed by atoms with E-state index < -0.39 is 6.10 Å². The zero-order chi connectivity index (χ0) is 18.7. The van der Waals surface area contributed by atoms with E-state index in [0.717, 1.165) is 0 Å². The second kappa shape index (κ2) is 7.49. The van der Waals surface area contributed by atoms with Crippen molar-refractivity contribution in [1.82, 2.24) is 9.55 Å². The van der Waals surface area contributed by atoms with Crippen molar-refractivity contribution < 1.29 is 14.6 Å². The molecule has 0 fully saturated rings. The van der Waals surface area contributed by atoms with Crippen molar-refractivity contribution in [2.24, 2.45) is 0 Å². The van der Waals surface area contributed by atoms with E-state index in [4.69, 9.17) is 4.74 Å². The molecular weight excluding hydrogens is 332 g/mol. The van der Waals surface area contributed by atoms with Crippen molar-refractivity contribution in [1.29, 1.82) is 0 Å². The number of aliphatic hydroxyl groups is 1. The fourth-order valence-electron chi connectivity index (χ4n) is 2.75. The van der Waals surface area contributed by atoms with Crippen LogP contribution in [0.2, 0.25) is 0 Å². The summed E-state index contributed by atoms with van der Waals surface area (Å²) >= 11 is 0. The molecule has 2 aromatic carbocycles. The van der Waals surface area contributed by atoms with E-state index in [1.807, 2.05) is 6.07 Å². The van der Waals surface area contributed by atoms with Crippen molar-refractivity contribution in [3.05, 3.63) is 70.3 Å². The smallest absolute Gasteiger partial charge is 0.261 e. The molecule has 134 valence electrons. The van der Waals surface area contributed by atoms with Crippen LogP contribution in [0.1, 0.15) is 23.1 Å². The average Bonchev–Trinajstić information content (AvgIpc) is 2.63. The zero-order valence-corrected chi connectivity index (χ0v) is 14.7. The maximum Gasteiger partial charge on any atom is 0.261 e. The number of hydrogen-bond acceptors (Lipinski definition) is 5. The lowest BCUT2D eigenvalue weighted by Gasteiger charge is -2.16. The van der Waals surface area contributed by atoms with Gasteiger partial charge in [-0.2, -0.15) is 0 Å². The molecule has 6 nitrogen and oxygen atoms in total. The minimum absolute atomic E-state index is 0.0000644. The first-order valence-electron chi connectivity index (χ1n) is 8.34. The van der Waals surface area contributed by atoms with Crippen LogP contribution in [0.25, 0.3) is 10.9 Å². The van der Waals surface area contributed by atoms with Gasteiger partial charge in [0.15, 0.2) is 5.78 Å². The number of para-hydroxylation sites is 1. The van der Waals surface area contributed by atoms with Crippen molar-refractivity contribution in [3.63, 3.8) is 0 Å². The first kappa shape index (κ1) is 17.8. The van der Waals surface area contributed by atoms with Crippen LogP contribution < -0.4 is 10.3 Å². The molecular formula is C20H20N2O4. The minimum atomic E-state index is -0.893. The van der Waals surface area contributed by atoms with Crippen LogP contribution in [0, 0.1) is 6.92 Å². The van der Waals surface area contributed by atoms with Gasteiger partial charge in [-0.3, -0.25) is 14.2 Å². The van der Waals surface area contributed by atoms with Gasteiger partial charge in [-0.05, 0) is 38.1 Å². The molecule has 6 heteroatoms. The summed E-state index contributed by atoms with van der Waals surface area (Å²) < 4.78 is 7.01. The first-order chi connectivity index (χ1) is 12.5. The Balaban J connectivity index is 1.73. The Morgan fingerprint density at radius 1 is 1.23 bits per heavy atom. The van der Waals surface area contributed by atoms with E-state index in [0.29, 0.717) is 28.0 Å². The lowest BCUT2D eigenvalue weighted by Crippen LogP contribution is -2.32. The molecule has 0 saturated heterocycles. The SMILES string of the molecule is CC(=O)c1cccc(OCC(O)Cn2c(C)nc3ccccc3c2=O)c1. The number of hydrogen-bond donors (Lipinski definition) is 1. The maximum absolute atomic E-state index is 12.6. The number of ether oxygens (including phenoxy) is 1. The maximum atomic E-state index is 12.6. The molecule has 1 heterocycles. The van der Waals surface area contributed by atoms with E-state index in [-0.39, 0.29) is 24.5 Å². The van der Waals surface area contributed by atoms with Gasteiger partial charge in [-0.1, -0.05) is 24.3 Å². The summed E-state index contributed by atoms with van der Waals surface area (Å²) in [5.41, 5.74) is 0.992. The lowest BCUT2D eigenvalue weighted by atomic mass is 10.1. The molecule has 26 heavy (non-hydrogen) atoms. The summed E-state index contributed by atoms with van der Waals surface area (Å²) in [7, 11) is 0. The molecule has 3 aromatic rings. The summed E-state index contributed by atoms with van der Waals surface area (Å²) in [4.78, 5) is 28.4. The van der Waals surface area contributed by atoms with Gasteiger partial charge < -0.3 is 9.84 Å². The van der Waals surface area contributed by atoms with E-state index in [2.05, 4.69) is 4.98 Å². The van der Waals surface area contributed by atoms with E-state index >= 15 is 0 Å². The fraction of sp³-hybridized carbons (Fsp3) is 0.250. The summed E-state index contributed by atoms with van der Waals surface area (Å²) in [5.74, 6) is 0.976. The Morgan fingerprint density at radius 2 is 2.00 bits per heavy atom. The van der Waals surface area contributed by atoms with Gasteiger partial charge in [0.2, 0.25) is 0 Å². The number of fused-ring (bicyclic) bond motifs is 1. The van der Waals surface area contributed by atoms with Gasteiger partial charge in [0.25, 0.3) is 5.56 Å². The molecule has 0 saturated carbocycles. The Kier molecular flexibility index (Phi) is 5.14. The Labute approximate surface area is 150 Å². The first-order valence-corrected chi connectivity index (χ1v) is 8.34. The van der Waals surface area contributed by atoms with Crippen molar-refractivity contribution in [3.8, 4) is 5.75 Å². The summed E-state index contributed by atoms with van der Waals surface area (Å²) in [6.07, 6.45) is -0.893. The Morgan fingerprint density at radius 3 is 2.77 bits per heavy atom. The molecule has 1 atom stereocenters. The third-order valence-corrected chi connectivity index (χ3v) is 4.13. The summed E-state index contributed by atoms with van der Waals surface area (Å²) in [5, 5.41) is 10.8. The highest BCUT2D eigenvalue weighted by Gasteiger charge is 2.13. The minimum Gasteiger partial charge on any atom is -0.491 e. The number of carbonyl (C=O) groups excluding carboxylic acids is 1. The highest BCUT2D eigenvalue weighted by molar-refractivity contribution is 5.94. The molecule has 0 amide bonds. The number of aliphatic hydroxyl groups excluding tert-OH is 1. The van der Waals surface area contributed by atoms with Crippen LogP contribution in [-0.4, -0.2) is 33.2 Å². The van der Waals surface area contributed by atoms with E-state index in [1.165, 1.54) is 11.5 Å². The van der Waals surface area contributed by atoms with Crippen LogP contribution in [0.5, 0.6) is 5.75 Å². The fourth-order valence-corrected chi connectivity index (χ4v) is 2.75. The molecule has 1 N–H and O–H groups in total. The van der Waals surface area contributed by atoms with Gasteiger partial charge in [0.05, 0.1) is 17.4 Å². The molecule has 0 aliphatic heterocycles. The normalized spacial score (nSPS) is 12.1. The van der Waals surface area contributed by atoms with Gasteiger partial charge in [-0.15, -0.1) is 0 Å². The highest BCUT2D eigenvalue weighted by Crippen LogP contribution is 2.14. The third kappa shape index (κ3) is 3.81. The molecule has 3 rings (SSSR count). The van der Waals surface area contributed by atoms with Gasteiger partial charge in [0, 0.05) is 5.56 Å². The summed E-state index contributed by atoms with van der Waals surface area (Å²) in [6, 6.07) is 13.9. The predicted octanol–water partition coefficient (Wildman–Crippen LogP) is 2.35. The number of nitrogens with zero attached hydrogens (tertiary/aromatic N) is 2. The van der Waals surface area contributed by atoms with Crippen LogP contribution in [-0.2, 0) is 6.54 Å². The van der Waals surface area contributed by atoms with Crippen molar-refractivity contribution in [2.75, 3.05) is 6.61 Å². The average molecular weight is 352 g/mol. The van der Waals surface area contributed by atoms with Gasteiger partial charge in [-0.25, -0.2) is 4.98 Å². The van der Waals surface area contributed by atoms with Crippen molar-refractivity contribution in [2.45, 2.75) is 26.5 Å².